The highest BCUT2D eigenvalue weighted by molar-refractivity contribution is 6.02. The second kappa shape index (κ2) is 7.20. The molecule has 1 heterocycles. The zero-order valence-electron chi connectivity index (χ0n) is 15.7. The van der Waals surface area contributed by atoms with E-state index in [0.29, 0.717) is 13.0 Å². The molecule has 5 heteroatoms. The van der Waals surface area contributed by atoms with Gasteiger partial charge in [0.1, 0.15) is 6.04 Å². The number of carbonyl (C=O) groups excluding carboxylic acids is 2. The number of carbonyl (C=O) groups is 2. The van der Waals surface area contributed by atoms with Gasteiger partial charge in [-0.25, -0.2) is 4.79 Å². The molecule has 136 valence electrons. The van der Waals surface area contributed by atoms with Gasteiger partial charge in [0.15, 0.2) is 0 Å². The zero-order chi connectivity index (χ0) is 18.8. The summed E-state index contributed by atoms with van der Waals surface area (Å²) >= 11 is 0. The predicted molar refractivity (Wildman–Crippen MR) is 105 cm³/mol. The summed E-state index contributed by atoms with van der Waals surface area (Å²) < 4.78 is 0. The SMILES string of the molecule is Cc1ccc(C)c(NC(=O)NC2CCN(c3ccc(C)c(C)c3)C2=O)c1. The number of aryl methyl sites for hydroxylation is 4. The molecule has 1 fully saturated rings. The Hall–Kier alpha value is -2.82. The molecule has 2 N–H and O–H groups in total. The lowest BCUT2D eigenvalue weighted by Gasteiger charge is -2.19. The largest absolute Gasteiger partial charge is 0.326 e. The van der Waals surface area contributed by atoms with Crippen LogP contribution in [0.3, 0.4) is 0 Å². The summed E-state index contributed by atoms with van der Waals surface area (Å²) in [6.45, 7) is 8.61. The molecule has 0 spiro atoms. The standard InChI is InChI=1S/C21H25N3O2/c1-13-5-6-15(3)19(11-13)23-21(26)22-18-9-10-24(20(18)25)17-8-7-14(2)16(4)12-17/h5-8,11-12,18H,9-10H2,1-4H3,(H2,22,23,26). The number of hydrogen-bond donors (Lipinski definition) is 2. The molecule has 0 saturated carbocycles. The second-order valence-electron chi connectivity index (χ2n) is 7.02. The lowest BCUT2D eigenvalue weighted by atomic mass is 10.1. The van der Waals surface area contributed by atoms with E-state index < -0.39 is 6.04 Å². The van der Waals surface area contributed by atoms with Gasteiger partial charge in [0, 0.05) is 17.9 Å². The first kappa shape index (κ1) is 18.0. The maximum Gasteiger partial charge on any atom is 0.319 e. The first-order valence-electron chi connectivity index (χ1n) is 8.88. The van der Waals surface area contributed by atoms with Gasteiger partial charge in [-0.2, -0.15) is 0 Å². The van der Waals surface area contributed by atoms with E-state index in [9.17, 15) is 9.59 Å². The molecule has 3 amide bonds. The van der Waals surface area contributed by atoms with Crippen LogP contribution >= 0.6 is 0 Å². The molecule has 0 radical (unpaired) electrons. The monoisotopic (exact) mass is 351 g/mol. The van der Waals surface area contributed by atoms with Crippen molar-refractivity contribution in [3.63, 3.8) is 0 Å². The number of hydrogen-bond acceptors (Lipinski definition) is 2. The van der Waals surface area contributed by atoms with Crippen molar-refractivity contribution in [2.45, 2.75) is 40.2 Å². The van der Waals surface area contributed by atoms with Gasteiger partial charge in [0.25, 0.3) is 0 Å². The minimum Gasteiger partial charge on any atom is -0.326 e. The van der Waals surface area contributed by atoms with E-state index in [-0.39, 0.29) is 11.9 Å². The predicted octanol–water partition coefficient (Wildman–Crippen LogP) is 3.85. The molecule has 3 rings (SSSR count). The Balaban J connectivity index is 1.65. The van der Waals surface area contributed by atoms with Crippen LogP contribution in [0.1, 0.15) is 28.7 Å². The van der Waals surface area contributed by atoms with Crippen molar-refractivity contribution < 1.29 is 9.59 Å². The summed E-state index contributed by atoms with van der Waals surface area (Å²) in [4.78, 5) is 26.8. The summed E-state index contributed by atoms with van der Waals surface area (Å²) in [7, 11) is 0. The van der Waals surface area contributed by atoms with E-state index >= 15 is 0 Å². The Morgan fingerprint density at radius 1 is 1.00 bits per heavy atom. The Kier molecular flexibility index (Phi) is 4.98. The molecule has 2 aromatic rings. The van der Waals surface area contributed by atoms with Gasteiger partial charge in [0.05, 0.1) is 0 Å². The van der Waals surface area contributed by atoms with Gasteiger partial charge in [-0.3, -0.25) is 4.79 Å². The van der Waals surface area contributed by atoms with Crippen LogP contribution < -0.4 is 15.5 Å². The zero-order valence-corrected chi connectivity index (χ0v) is 15.7. The van der Waals surface area contributed by atoms with Crippen LogP contribution in [0, 0.1) is 27.7 Å². The highest BCUT2D eigenvalue weighted by Crippen LogP contribution is 2.24. The lowest BCUT2D eigenvalue weighted by Crippen LogP contribution is -2.43. The van der Waals surface area contributed by atoms with Crippen LogP contribution in [0.5, 0.6) is 0 Å². The highest BCUT2D eigenvalue weighted by Gasteiger charge is 2.33. The molecule has 5 nitrogen and oxygen atoms in total. The third-order valence-electron chi connectivity index (χ3n) is 4.95. The van der Waals surface area contributed by atoms with Gasteiger partial charge < -0.3 is 15.5 Å². The van der Waals surface area contributed by atoms with Crippen LogP contribution in [0.4, 0.5) is 16.2 Å². The van der Waals surface area contributed by atoms with E-state index in [1.54, 1.807) is 4.90 Å². The minimum atomic E-state index is -0.498. The van der Waals surface area contributed by atoms with Crippen LogP contribution in [-0.2, 0) is 4.79 Å². The number of anilines is 2. The van der Waals surface area contributed by atoms with Gasteiger partial charge in [-0.1, -0.05) is 18.2 Å². The molecule has 1 saturated heterocycles. The van der Waals surface area contributed by atoms with Crippen molar-refractivity contribution in [1.82, 2.24) is 5.32 Å². The van der Waals surface area contributed by atoms with E-state index in [1.807, 2.05) is 64.1 Å². The highest BCUT2D eigenvalue weighted by atomic mass is 16.2. The quantitative estimate of drug-likeness (QED) is 0.882. The lowest BCUT2D eigenvalue weighted by molar-refractivity contribution is -0.118. The summed E-state index contributed by atoms with van der Waals surface area (Å²) in [6.07, 6.45) is 0.603. The van der Waals surface area contributed by atoms with Crippen LogP contribution in [0.15, 0.2) is 36.4 Å². The van der Waals surface area contributed by atoms with Gasteiger partial charge in [0.2, 0.25) is 5.91 Å². The summed E-state index contributed by atoms with van der Waals surface area (Å²) in [5.41, 5.74) is 6.06. The molecule has 26 heavy (non-hydrogen) atoms. The van der Waals surface area contributed by atoms with Crippen LogP contribution in [0.2, 0.25) is 0 Å². The summed E-state index contributed by atoms with van der Waals surface area (Å²) in [5.74, 6) is -0.0654. The number of rotatable bonds is 3. The van der Waals surface area contributed by atoms with Crippen molar-refractivity contribution in [2.24, 2.45) is 0 Å². The number of nitrogens with zero attached hydrogens (tertiary/aromatic N) is 1. The molecular formula is C21H25N3O2. The Bertz CT molecular complexity index is 860. The van der Waals surface area contributed by atoms with Crippen molar-refractivity contribution in [3.05, 3.63) is 58.7 Å². The molecule has 2 aromatic carbocycles. The second-order valence-corrected chi connectivity index (χ2v) is 7.02. The van der Waals surface area contributed by atoms with E-state index in [0.717, 1.165) is 28.1 Å². The third-order valence-corrected chi connectivity index (χ3v) is 4.95. The molecule has 1 aliphatic heterocycles. The average molecular weight is 351 g/mol. The van der Waals surface area contributed by atoms with E-state index in [1.165, 1.54) is 5.56 Å². The normalized spacial score (nSPS) is 16.7. The summed E-state index contributed by atoms with van der Waals surface area (Å²) in [6, 6.07) is 11.0. The number of benzene rings is 2. The third kappa shape index (κ3) is 3.72. The Morgan fingerprint density at radius 3 is 2.46 bits per heavy atom. The van der Waals surface area contributed by atoms with Crippen LogP contribution in [-0.4, -0.2) is 24.5 Å². The topological polar surface area (TPSA) is 61.4 Å². The van der Waals surface area contributed by atoms with Gasteiger partial charge in [-0.05, 0) is 74.6 Å². The minimum absolute atomic E-state index is 0.0654. The number of amides is 3. The fraction of sp³-hybridized carbons (Fsp3) is 0.333. The molecule has 1 unspecified atom stereocenters. The van der Waals surface area contributed by atoms with Crippen molar-refractivity contribution >= 4 is 23.3 Å². The maximum atomic E-state index is 12.7. The van der Waals surface area contributed by atoms with Crippen molar-refractivity contribution in [3.8, 4) is 0 Å². The van der Waals surface area contributed by atoms with E-state index in [4.69, 9.17) is 0 Å². The molecule has 0 aliphatic carbocycles. The molecule has 0 aromatic heterocycles. The molecule has 0 bridgehead atoms. The maximum absolute atomic E-state index is 12.7. The first-order chi connectivity index (χ1) is 12.3. The molecular weight excluding hydrogens is 326 g/mol. The smallest absolute Gasteiger partial charge is 0.319 e. The average Bonchev–Trinajstić information content (AvgIpc) is 2.94. The molecule has 1 atom stereocenters. The Labute approximate surface area is 154 Å². The van der Waals surface area contributed by atoms with Gasteiger partial charge >= 0.3 is 6.03 Å². The van der Waals surface area contributed by atoms with Gasteiger partial charge in [-0.15, -0.1) is 0 Å². The Morgan fingerprint density at radius 2 is 1.73 bits per heavy atom. The van der Waals surface area contributed by atoms with Crippen LogP contribution in [0.25, 0.3) is 0 Å². The van der Waals surface area contributed by atoms with E-state index in [2.05, 4.69) is 10.6 Å². The number of nitrogens with one attached hydrogen (secondary N) is 2. The first-order valence-corrected chi connectivity index (χ1v) is 8.88. The fourth-order valence-corrected chi connectivity index (χ4v) is 3.15. The van der Waals surface area contributed by atoms with Crippen molar-refractivity contribution in [1.29, 1.82) is 0 Å². The summed E-state index contributed by atoms with van der Waals surface area (Å²) in [5, 5.41) is 5.66. The fourth-order valence-electron chi connectivity index (χ4n) is 3.15. The van der Waals surface area contributed by atoms with Crippen molar-refractivity contribution in [2.75, 3.05) is 16.8 Å². The number of urea groups is 1. The molecule has 1 aliphatic rings.